The van der Waals surface area contributed by atoms with Gasteiger partial charge in [-0.05, 0) is 25.9 Å². The molecule has 0 aromatic rings. The molecular formula is C12H23F3N2. The van der Waals surface area contributed by atoms with E-state index in [1.54, 1.807) is 4.90 Å². The van der Waals surface area contributed by atoms with Crippen molar-refractivity contribution in [2.24, 2.45) is 0 Å². The Morgan fingerprint density at radius 3 is 2.35 bits per heavy atom. The number of rotatable bonds is 5. The SMILES string of the molecule is CCNC1CCCCC1N(CC)CC(F)(F)F. The third-order valence-electron chi connectivity index (χ3n) is 3.45. The van der Waals surface area contributed by atoms with Crippen LogP contribution in [0, 0.1) is 0 Å². The predicted octanol–water partition coefficient (Wildman–Crippen LogP) is 2.79. The van der Waals surface area contributed by atoms with Crippen LogP contribution in [0.5, 0.6) is 0 Å². The molecule has 0 aliphatic heterocycles. The van der Waals surface area contributed by atoms with E-state index in [0.29, 0.717) is 6.54 Å². The van der Waals surface area contributed by atoms with Crippen molar-refractivity contribution in [2.45, 2.75) is 57.8 Å². The van der Waals surface area contributed by atoms with Gasteiger partial charge in [0.1, 0.15) is 0 Å². The van der Waals surface area contributed by atoms with E-state index >= 15 is 0 Å². The molecule has 17 heavy (non-hydrogen) atoms. The molecule has 1 aliphatic rings. The van der Waals surface area contributed by atoms with Crippen molar-refractivity contribution in [1.29, 1.82) is 0 Å². The minimum Gasteiger partial charge on any atom is -0.313 e. The molecule has 1 saturated carbocycles. The van der Waals surface area contributed by atoms with E-state index in [1.165, 1.54) is 0 Å². The van der Waals surface area contributed by atoms with Gasteiger partial charge >= 0.3 is 6.18 Å². The smallest absolute Gasteiger partial charge is 0.313 e. The number of nitrogens with one attached hydrogen (secondary N) is 1. The summed E-state index contributed by atoms with van der Waals surface area (Å²) in [6.07, 6.45) is -0.0582. The summed E-state index contributed by atoms with van der Waals surface area (Å²) >= 11 is 0. The fourth-order valence-corrected chi connectivity index (χ4v) is 2.74. The Morgan fingerprint density at radius 2 is 1.82 bits per heavy atom. The van der Waals surface area contributed by atoms with Crippen molar-refractivity contribution in [1.82, 2.24) is 10.2 Å². The molecule has 0 heterocycles. The second kappa shape index (κ2) is 6.59. The fourth-order valence-electron chi connectivity index (χ4n) is 2.74. The summed E-state index contributed by atoms with van der Waals surface area (Å²) in [5.74, 6) is 0. The first-order valence-electron chi connectivity index (χ1n) is 6.52. The highest BCUT2D eigenvalue weighted by atomic mass is 19.4. The Balaban J connectivity index is 2.63. The number of hydrogen-bond donors (Lipinski definition) is 1. The molecule has 0 spiro atoms. The average Bonchev–Trinajstić information content (AvgIpc) is 2.26. The van der Waals surface area contributed by atoms with Crippen LogP contribution in [0.2, 0.25) is 0 Å². The van der Waals surface area contributed by atoms with Gasteiger partial charge in [0.05, 0.1) is 6.54 Å². The van der Waals surface area contributed by atoms with E-state index in [1.807, 2.05) is 13.8 Å². The van der Waals surface area contributed by atoms with E-state index in [0.717, 1.165) is 32.2 Å². The summed E-state index contributed by atoms with van der Waals surface area (Å²) in [5, 5.41) is 3.33. The molecule has 5 heteroatoms. The molecule has 2 atom stereocenters. The van der Waals surface area contributed by atoms with Crippen LogP contribution >= 0.6 is 0 Å². The summed E-state index contributed by atoms with van der Waals surface area (Å²) in [4.78, 5) is 1.58. The van der Waals surface area contributed by atoms with Gasteiger partial charge in [-0.1, -0.05) is 26.7 Å². The van der Waals surface area contributed by atoms with Crippen LogP contribution in [0.15, 0.2) is 0 Å². The van der Waals surface area contributed by atoms with Gasteiger partial charge in [-0.25, -0.2) is 0 Å². The quantitative estimate of drug-likeness (QED) is 0.809. The fraction of sp³-hybridized carbons (Fsp3) is 1.00. The molecular weight excluding hydrogens is 229 g/mol. The van der Waals surface area contributed by atoms with E-state index < -0.39 is 12.7 Å². The number of hydrogen-bond acceptors (Lipinski definition) is 2. The molecule has 1 fully saturated rings. The maximum atomic E-state index is 12.5. The Hall–Kier alpha value is -0.290. The van der Waals surface area contributed by atoms with Gasteiger partial charge in [-0.3, -0.25) is 4.90 Å². The first kappa shape index (κ1) is 14.8. The van der Waals surface area contributed by atoms with Gasteiger partial charge in [0.15, 0.2) is 0 Å². The molecule has 2 nitrogen and oxygen atoms in total. The van der Waals surface area contributed by atoms with Crippen LogP contribution < -0.4 is 5.32 Å². The van der Waals surface area contributed by atoms with Gasteiger partial charge in [0.25, 0.3) is 0 Å². The van der Waals surface area contributed by atoms with Crippen molar-refractivity contribution in [3.8, 4) is 0 Å². The minimum atomic E-state index is -4.09. The monoisotopic (exact) mass is 252 g/mol. The number of alkyl halides is 3. The van der Waals surface area contributed by atoms with Gasteiger partial charge in [-0.2, -0.15) is 13.2 Å². The van der Waals surface area contributed by atoms with Crippen LogP contribution in [0.4, 0.5) is 13.2 Å². The topological polar surface area (TPSA) is 15.3 Å². The van der Waals surface area contributed by atoms with E-state index in [4.69, 9.17) is 0 Å². The predicted molar refractivity (Wildman–Crippen MR) is 63.0 cm³/mol. The second-order valence-electron chi connectivity index (χ2n) is 4.69. The zero-order valence-electron chi connectivity index (χ0n) is 10.7. The third kappa shape index (κ3) is 4.84. The Labute approximate surface area is 102 Å². The summed E-state index contributed by atoms with van der Waals surface area (Å²) in [7, 11) is 0. The van der Waals surface area contributed by atoms with Crippen LogP contribution in [0.3, 0.4) is 0 Å². The molecule has 0 bridgehead atoms. The normalized spacial score (nSPS) is 26.5. The lowest BCUT2D eigenvalue weighted by Gasteiger charge is -2.40. The molecule has 1 aliphatic carbocycles. The molecule has 0 saturated heterocycles. The standard InChI is InChI=1S/C12H23F3N2/c1-3-16-10-7-5-6-8-11(10)17(4-2)9-12(13,14)15/h10-11,16H,3-9H2,1-2H3. The van der Waals surface area contributed by atoms with Gasteiger partial charge in [0, 0.05) is 12.1 Å². The summed E-state index contributed by atoms with van der Waals surface area (Å²) in [5.41, 5.74) is 0. The first-order valence-corrected chi connectivity index (χ1v) is 6.52. The Morgan fingerprint density at radius 1 is 1.18 bits per heavy atom. The van der Waals surface area contributed by atoms with Crippen LogP contribution in [0.25, 0.3) is 0 Å². The molecule has 0 radical (unpaired) electrons. The van der Waals surface area contributed by atoms with Gasteiger partial charge in [-0.15, -0.1) is 0 Å². The highest BCUT2D eigenvalue weighted by molar-refractivity contribution is 4.88. The molecule has 2 unspecified atom stereocenters. The zero-order valence-corrected chi connectivity index (χ0v) is 10.7. The summed E-state index contributed by atoms with van der Waals surface area (Å²) < 4.78 is 37.5. The summed E-state index contributed by atoms with van der Waals surface area (Å²) in [6.45, 7) is 4.32. The second-order valence-corrected chi connectivity index (χ2v) is 4.69. The van der Waals surface area contributed by atoms with Crippen molar-refractivity contribution >= 4 is 0 Å². The Kier molecular flexibility index (Phi) is 5.73. The third-order valence-corrected chi connectivity index (χ3v) is 3.45. The maximum Gasteiger partial charge on any atom is 0.401 e. The van der Waals surface area contributed by atoms with Crippen LogP contribution in [-0.2, 0) is 0 Å². The van der Waals surface area contributed by atoms with Crippen LogP contribution in [-0.4, -0.2) is 42.8 Å². The van der Waals surface area contributed by atoms with E-state index in [-0.39, 0.29) is 12.1 Å². The zero-order chi connectivity index (χ0) is 12.9. The summed E-state index contributed by atoms with van der Waals surface area (Å²) in [6, 6.07) is 0.256. The lowest BCUT2D eigenvalue weighted by molar-refractivity contribution is -0.152. The molecule has 1 rings (SSSR count). The van der Waals surface area contributed by atoms with E-state index in [2.05, 4.69) is 5.32 Å². The Bertz CT molecular complexity index is 216. The average molecular weight is 252 g/mol. The van der Waals surface area contributed by atoms with E-state index in [9.17, 15) is 13.2 Å². The van der Waals surface area contributed by atoms with Crippen molar-refractivity contribution in [3.05, 3.63) is 0 Å². The van der Waals surface area contributed by atoms with Crippen molar-refractivity contribution in [3.63, 3.8) is 0 Å². The van der Waals surface area contributed by atoms with Gasteiger partial charge in [0.2, 0.25) is 0 Å². The van der Waals surface area contributed by atoms with Crippen molar-refractivity contribution in [2.75, 3.05) is 19.6 Å². The number of nitrogens with zero attached hydrogens (tertiary/aromatic N) is 1. The molecule has 0 aromatic heterocycles. The largest absolute Gasteiger partial charge is 0.401 e. The molecule has 0 aromatic carbocycles. The number of halogens is 3. The molecule has 0 amide bonds. The molecule has 1 N–H and O–H groups in total. The lowest BCUT2D eigenvalue weighted by atomic mass is 9.89. The van der Waals surface area contributed by atoms with Crippen LogP contribution in [0.1, 0.15) is 39.5 Å². The highest BCUT2D eigenvalue weighted by Crippen LogP contribution is 2.26. The number of likely N-dealkylation sites (N-methyl/N-ethyl adjacent to an activating group) is 2. The maximum absolute atomic E-state index is 12.5. The lowest BCUT2D eigenvalue weighted by Crippen LogP contribution is -2.53. The first-order chi connectivity index (χ1) is 7.98. The highest BCUT2D eigenvalue weighted by Gasteiger charge is 2.36. The molecule has 102 valence electrons. The van der Waals surface area contributed by atoms with Gasteiger partial charge < -0.3 is 5.32 Å². The minimum absolute atomic E-state index is 0.0373. The van der Waals surface area contributed by atoms with Crippen molar-refractivity contribution < 1.29 is 13.2 Å².